The number of fused-ring (bicyclic) bond motifs is 1. The summed E-state index contributed by atoms with van der Waals surface area (Å²) in [5.74, 6) is -0.309. The zero-order chi connectivity index (χ0) is 14.4. The monoisotopic (exact) mass is 338 g/mol. The lowest BCUT2D eigenvalue weighted by Crippen LogP contribution is -2.28. The molecule has 3 aromatic rings. The van der Waals surface area contributed by atoms with Crippen molar-refractivity contribution >= 4 is 27.1 Å². The first-order valence-electron chi connectivity index (χ1n) is 5.62. The molecule has 1 aromatic carbocycles. The standard InChI is InChI=1S/C12H8BrFN4O2/c1-18-10-8(11(19)17-12(18)20)15-9(16-10)7-5(13)3-2-4-6(7)14/h2-4H,1H3,(H,15,16)(H,17,19,20). The molecule has 3 rings (SSSR count). The van der Waals surface area contributed by atoms with Crippen molar-refractivity contribution in [3.8, 4) is 11.4 Å². The maximum atomic E-state index is 13.9. The van der Waals surface area contributed by atoms with E-state index in [4.69, 9.17) is 0 Å². The third-order valence-corrected chi connectivity index (χ3v) is 3.61. The number of aryl methyl sites for hydroxylation is 1. The third kappa shape index (κ3) is 1.80. The average molecular weight is 339 g/mol. The first-order chi connectivity index (χ1) is 9.49. The minimum Gasteiger partial charge on any atom is -0.332 e. The quantitative estimate of drug-likeness (QED) is 0.705. The summed E-state index contributed by atoms with van der Waals surface area (Å²) in [6.07, 6.45) is 0. The number of aromatic nitrogens is 4. The van der Waals surface area contributed by atoms with Gasteiger partial charge in [0.2, 0.25) is 0 Å². The molecule has 2 heterocycles. The fourth-order valence-electron chi connectivity index (χ4n) is 1.95. The van der Waals surface area contributed by atoms with Crippen LogP contribution in [0.15, 0.2) is 32.3 Å². The highest BCUT2D eigenvalue weighted by Crippen LogP contribution is 2.29. The molecule has 20 heavy (non-hydrogen) atoms. The lowest BCUT2D eigenvalue weighted by molar-refractivity contribution is 0.629. The predicted octanol–water partition coefficient (Wildman–Crippen LogP) is 1.52. The van der Waals surface area contributed by atoms with Gasteiger partial charge in [-0.05, 0) is 28.1 Å². The van der Waals surface area contributed by atoms with E-state index in [1.807, 2.05) is 0 Å². The fraction of sp³-hybridized carbons (Fsp3) is 0.0833. The van der Waals surface area contributed by atoms with Crippen LogP contribution in [0, 0.1) is 5.82 Å². The number of hydrogen-bond acceptors (Lipinski definition) is 3. The van der Waals surface area contributed by atoms with E-state index in [1.54, 1.807) is 12.1 Å². The van der Waals surface area contributed by atoms with Gasteiger partial charge in [0.05, 0.1) is 5.56 Å². The maximum absolute atomic E-state index is 13.9. The summed E-state index contributed by atoms with van der Waals surface area (Å²) in [5, 5.41) is 0. The number of nitrogens with zero attached hydrogens (tertiary/aromatic N) is 2. The summed E-state index contributed by atoms with van der Waals surface area (Å²) in [7, 11) is 1.47. The van der Waals surface area contributed by atoms with Crippen LogP contribution in [0.3, 0.4) is 0 Å². The Balaban J connectivity index is 2.41. The highest BCUT2D eigenvalue weighted by Gasteiger charge is 2.16. The van der Waals surface area contributed by atoms with Crippen LogP contribution in [0.1, 0.15) is 0 Å². The zero-order valence-corrected chi connectivity index (χ0v) is 11.8. The van der Waals surface area contributed by atoms with Crippen molar-refractivity contribution in [2.24, 2.45) is 7.05 Å². The Hall–Kier alpha value is -2.22. The average Bonchev–Trinajstić information content (AvgIpc) is 2.81. The Bertz CT molecular complexity index is 921. The van der Waals surface area contributed by atoms with Gasteiger partial charge in [-0.15, -0.1) is 0 Å². The molecule has 0 unspecified atom stereocenters. The first kappa shape index (κ1) is 12.8. The molecule has 0 spiro atoms. The van der Waals surface area contributed by atoms with Crippen LogP contribution in [0.5, 0.6) is 0 Å². The summed E-state index contributed by atoms with van der Waals surface area (Å²) in [6, 6.07) is 4.50. The number of aromatic amines is 2. The highest BCUT2D eigenvalue weighted by atomic mass is 79.9. The van der Waals surface area contributed by atoms with Crippen LogP contribution in [0.2, 0.25) is 0 Å². The van der Waals surface area contributed by atoms with Crippen molar-refractivity contribution in [3.63, 3.8) is 0 Å². The van der Waals surface area contributed by atoms with Gasteiger partial charge in [0.25, 0.3) is 5.56 Å². The number of H-pyrrole nitrogens is 2. The smallest absolute Gasteiger partial charge is 0.329 e. The topological polar surface area (TPSA) is 83.5 Å². The van der Waals surface area contributed by atoms with Crippen molar-refractivity contribution in [3.05, 3.63) is 49.3 Å². The van der Waals surface area contributed by atoms with Gasteiger partial charge in [-0.3, -0.25) is 14.3 Å². The second-order valence-corrected chi connectivity index (χ2v) is 5.05. The molecule has 2 aromatic heterocycles. The van der Waals surface area contributed by atoms with Crippen LogP contribution >= 0.6 is 15.9 Å². The molecule has 0 aliphatic carbocycles. The van der Waals surface area contributed by atoms with Gasteiger partial charge >= 0.3 is 5.69 Å². The Kier molecular flexibility index (Phi) is 2.82. The second-order valence-electron chi connectivity index (χ2n) is 4.20. The molecule has 8 heteroatoms. The molecular formula is C12H8BrFN4O2. The molecule has 0 aliphatic rings. The van der Waals surface area contributed by atoms with Crippen molar-refractivity contribution in [2.75, 3.05) is 0 Å². The van der Waals surface area contributed by atoms with Gasteiger partial charge in [-0.25, -0.2) is 14.2 Å². The van der Waals surface area contributed by atoms with Gasteiger partial charge in [0.1, 0.15) is 17.2 Å². The van der Waals surface area contributed by atoms with Gasteiger partial charge in [0, 0.05) is 11.5 Å². The number of halogens is 2. The number of imidazole rings is 1. The van der Waals surface area contributed by atoms with E-state index in [-0.39, 0.29) is 22.6 Å². The summed E-state index contributed by atoms with van der Waals surface area (Å²) in [4.78, 5) is 32.3. The molecule has 0 aliphatic heterocycles. The van der Waals surface area contributed by atoms with Gasteiger partial charge in [-0.2, -0.15) is 0 Å². The van der Waals surface area contributed by atoms with Gasteiger partial charge in [-0.1, -0.05) is 6.07 Å². The molecule has 0 saturated heterocycles. The lowest BCUT2D eigenvalue weighted by Gasteiger charge is -2.01. The maximum Gasteiger partial charge on any atom is 0.329 e. The van der Waals surface area contributed by atoms with E-state index >= 15 is 0 Å². The van der Waals surface area contributed by atoms with E-state index in [0.29, 0.717) is 4.47 Å². The van der Waals surface area contributed by atoms with E-state index in [0.717, 1.165) is 0 Å². The minimum atomic E-state index is -0.589. The normalized spacial score (nSPS) is 11.2. The molecule has 0 bridgehead atoms. The summed E-state index contributed by atoms with van der Waals surface area (Å²) in [5.41, 5.74) is -0.667. The molecule has 0 amide bonds. The highest BCUT2D eigenvalue weighted by molar-refractivity contribution is 9.10. The lowest BCUT2D eigenvalue weighted by atomic mass is 10.2. The molecule has 102 valence electrons. The molecule has 2 N–H and O–H groups in total. The van der Waals surface area contributed by atoms with Crippen molar-refractivity contribution < 1.29 is 4.39 Å². The van der Waals surface area contributed by atoms with E-state index in [2.05, 4.69) is 30.9 Å². The zero-order valence-electron chi connectivity index (χ0n) is 10.2. The summed E-state index contributed by atoms with van der Waals surface area (Å²) < 4.78 is 15.6. The largest absolute Gasteiger partial charge is 0.332 e. The Morgan fingerprint density at radius 1 is 1.30 bits per heavy atom. The van der Waals surface area contributed by atoms with E-state index < -0.39 is 17.1 Å². The van der Waals surface area contributed by atoms with E-state index in [1.165, 1.54) is 17.7 Å². The summed E-state index contributed by atoms with van der Waals surface area (Å²) >= 11 is 3.24. The van der Waals surface area contributed by atoms with Crippen LogP contribution < -0.4 is 11.2 Å². The molecule has 6 nitrogen and oxygen atoms in total. The van der Waals surface area contributed by atoms with Crippen LogP contribution in [-0.4, -0.2) is 19.5 Å². The fourth-order valence-corrected chi connectivity index (χ4v) is 2.48. The first-order valence-corrected chi connectivity index (χ1v) is 6.41. The van der Waals surface area contributed by atoms with Gasteiger partial charge in [0.15, 0.2) is 5.65 Å². The number of nitrogens with one attached hydrogen (secondary N) is 2. The Labute approximate surface area is 119 Å². The Morgan fingerprint density at radius 2 is 2.05 bits per heavy atom. The Morgan fingerprint density at radius 3 is 2.75 bits per heavy atom. The molecule has 0 fully saturated rings. The van der Waals surface area contributed by atoms with Gasteiger partial charge < -0.3 is 4.98 Å². The van der Waals surface area contributed by atoms with Crippen LogP contribution in [-0.2, 0) is 7.05 Å². The predicted molar refractivity (Wildman–Crippen MR) is 75.0 cm³/mol. The second kappa shape index (κ2) is 4.41. The van der Waals surface area contributed by atoms with E-state index in [9.17, 15) is 14.0 Å². The number of hydrogen-bond donors (Lipinski definition) is 2. The number of rotatable bonds is 1. The molecule has 0 radical (unpaired) electrons. The van der Waals surface area contributed by atoms with Crippen LogP contribution in [0.25, 0.3) is 22.6 Å². The third-order valence-electron chi connectivity index (χ3n) is 2.95. The van der Waals surface area contributed by atoms with Crippen molar-refractivity contribution in [1.29, 1.82) is 0 Å². The molecular weight excluding hydrogens is 331 g/mol. The molecule has 0 saturated carbocycles. The number of benzene rings is 1. The van der Waals surface area contributed by atoms with Crippen molar-refractivity contribution in [2.45, 2.75) is 0 Å². The van der Waals surface area contributed by atoms with Crippen molar-refractivity contribution in [1.82, 2.24) is 19.5 Å². The SMILES string of the molecule is Cn1c(=O)[nH]c(=O)c2[nH]c(-c3c(F)cccc3Br)nc21. The minimum absolute atomic E-state index is 0.122. The molecule has 0 atom stereocenters. The summed E-state index contributed by atoms with van der Waals surface area (Å²) in [6.45, 7) is 0. The van der Waals surface area contributed by atoms with Crippen LogP contribution in [0.4, 0.5) is 4.39 Å².